The van der Waals surface area contributed by atoms with Gasteiger partial charge in [-0.2, -0.15) is 0 Å². The van der Waals surface area contributed by atoms with Gasteiger partial charge >= 0.3 is 17.5 Å². The number of thiophene rings is 1. The maximum absolute atomic E-state index is 12.4. The molecule has 1 atom stereocenters. The van der Waals surface area contributed by atoms with E-state index in [9.17, 15) is 19.7 Å². The van der Waals surface area contributed by atoms with E-state index in [1.54, 1.807) is 13.0 Å². The van der Waals surface area contributed by atoms with Crippen molar-refractivity contribution in [3.05, 3.63) is 32.8 Å². The van der Waals surface area contributed by atoms with Gasteiger partial charge in [0.1, 0.15) is 17.2 Å². The van der Waals surface area contributed by atoms with Gasteiger partial charge in [-0.25, -0.2) is 9.48 Å². The summed E-state index contributed by atoms with van der Waals surface area (Å²) >= 11 is 1.22. The Morgan fingerprint density at radius 1 is 1.44 bits per heavy atom. The highest BCUT2D eigenvalue weighted by atomic mass is 32.1. The molecule has 134 valence electrons. The van der Waals surface area contributed by atoms with Crippen molar-refractivity contribution < 1.29 is 24.0 Å². The lowest BCUT2D eigenvalue weighted by Crippen LogP contribution is -2.24. The van der Waals surface area contributed by atoms with Crippen LogP contribution in [0.15, 0.2) is 12.3 Å². The fourth-order valence-electron chi connectivity index (χ4n) is 2.04. The van der Waals surface area contributed by atoms with Crippen LogP contribution in [0.2, 0.25) is 0 Å². The van der Waals surface area contributed by atoms with E-state index in [0.717, 1.165) is 15.8 Å². The summed E-state index contributed by atoms with van der Waals surface area (Å²) in [4.78, 5) is 35.3. The van der Waals surface area contributed by atoms with E-state index in [-0.39, 0.29) is 17.1 Å². The Kier molecular flexibility index (Phi) is 5.37. The number of nitrogens with zero attached hydrogens (tertiary/aromatic N) is 3. The van der Waals surface area contributed by atoms with Crippen LogP contribution in [0.5, 0.6) is 5.88 Å². The van der Waals surface area contributed by atoms with Gasteiger partial charge in [-0.1, -0.05) is 0 Å². The second-order valence-electron chi connectivity index (χ2n) is 5.02. The zero-order chi connectivity index (χ0) is 18.7. The molecule has 0 saturated heterocycles. The first-order valence-electron chi connectivity index (χ1n) is 7.05. The molecule has 10 nitrogen and oxygen atoms in total. The van der Waals surface area contributed by atoms with Crippen LogP contribution in [-0.2, 0) is 9.53 Å². The zero-order valence-electron chi connectivity index (χ0n) is 13.9. The van der Waals surface area contributed by atoms with Gasteiger partial charge in [-0.15, -0.1) is 16.4 Å². The van der Waals surface area contributed by atoms with Gasteiger partial charge in [-0.05, 0) is 19.9 Å². The number of amides is 1. The Morgan fingerprint density at radius 3 is 2.64 bits per heavy atom. The molecule has 2 aromatic rings. The van der Waals surface area contributed by atoms with Crippen LogP contribution in [0.25, 0.3) is 0 Å². The lowest BCUT2D eigenvalue weighted by molar-refractivity contribution is -0.385. The number of hydrogen-bond acceptors (Lipinski definition) is 8. The third kappa shape index (κ3) is 3.76. The molecule has 1 unspecified atom stereocenters. The number of aromatic nitrogens is 2. The van der Waals surface area contributed by atoms with Gasteiger partial charge in [0, 0.05) is 4.88 Å². The SMILES string of the molecule is COC(=O)c1cc(C)sc1NC(=O)C(C)n1cc([N+](=O)[O-])c(OC)n1. The molecule has 25 heavy (non-hydrogen) atoms. The minimum Gasteiger partial charge on any atom is -0.475 e. The van der Waals surface area contributed by atoms with E-state index in [0.29, 0.717) is 5.00 Å². The number of ether oxygens (including phenoxy) is 2. The van der Waals surface area contributed by atoms with E-state index in [2.05, 4.69) is 15.2 Å². The molecule has 2 heterocycles. The third-order valence-corrected chi connectivity index (χ3v) is 4.31. The largest absolute Gasteiger partial charge is 0.475 e. The van der Waals surface area contributed by atoms with Gasteiger partial charge < -0.3 is 14.8 Å². The van der Waals surface area contributed by atoms with Crippen LogP contribution in [0.4, 0.5) is 10.7 Å². The highest BCUT2D eigenvalue weighted by Gasteiger charge is 2.26. The standard InChI is InChI=1S/C14H16N4O6S/c1-7-5-9(14(20)24-4)13(25-7)15-11(19)8(2)17-6-10(18(21)22)12(16-17)23-3/h5-6,8H,1-4H3,(H,15,19). The van der Waals surface area contributed by atoms with E-state index in [4.69, 9.17) is 4.74 Å². The molecule has 0 aliphatic heterocycles. The first-order valence-corrected chi connectivity index (χ1v) is 7.87. The molecular weight excluding hydrogens is 352 g/mol. The number of nitrogens with one attached hydrogen (secondary N) is 1. The van der Waals surface area contributed by atoms with Crippen molar-refractivity contribution in [2.75, 3.05) is 19.5 Å². The van der Waals surface area contributed by atoms with Crippen molar-refractivity contribution in [2.45, 2.75) is 19.9 Å². The van der Waals surface area contributed by atoms with Gasteiger partial charge in [0.05, 0.1) is 24.7 Å². The van der Waals surface area contributed by atoms with E-state index < -0.39 is 22.8 Å². The molecule has 0 bridgehead atoms. The first kappa shape index (κ1) is 18.4. The molecule has 1 N–H and O–H groups in total. The fraction of sp³-hybridized carbons (Fsp3) is 0.357. The van der Waals surface area contributed by atoms with Crippen molar-refractivity contribution in [2.24, 2.45) is 0 Å². The van der Waals surface area contributed by atoms with Crippen LogP contribution in [0.1, 0.15) is 28.2 Å². The molecule has 0 spiro atoms. The average molecular weight is 368 g/mol. The van der Waals surface area contributed by atoms with Gasteiger partial charge in [0.15, 0.2) is 0 Å². The van der Waals surface area contributed by atoms with Gasteiger partial charge in [0.2, 0.25) is 5.91 Å². The quantitative estimate of drug-likeness (QED) is 0.470. The molecule has 2 rings (SSSR count). The number of carbonyl (C=O) groups excluding carboxylic acids is 2. The second-order valence-corrected chi connectivity index (χ2v) is 6.27. The summed E-state index contributed by atoms with van der Waals surface area (Å²) in [5.74, 6) is -1.25. The molecule has 0 saturated carbocycles. The second kappa shape index (κ2) is 7.30. The molecule has 0 aliphatic rings. The number of aryl methyl sites for hydroxylation is 1. The normalized spacial score (nSPS) is 11.7. The van der Waals surface area contributed by atoms with E-state index in [1.807, 2.05) is 0 Å². The number of rotatable bonds is 6. The highest BCUT2D eigenvalue weighted by molar-refractivity contribution is 7.16. The van der Waals surface area contributed by atoms with E-state index >= 15 is 0 Å². The van der Waals surface area contributed by atoms with Crippen molar-refractivity contribution in [3.8, 4) is 5.88 Å². The molecular formula is C14H16N4O6S. The number of carbonyl (C=O) groups is 2. The minimum absolute atomic E-state index is 0.188. The topological polar surface area (TPSA) is 126 Å². The van der Waals surface area contributed by atoms with Crippen molar-refractivity contribution in [1.82, 2.24) is 9.78 Å². The number of nitro groups is 1. The number of methoxy groups -OCH3 is 2. The van der Waals surface area contributed by atoms with Crippen LogP contribution >= 0.6 is 11.3 Å². The minimum atomic E-state index is -0.865. The van der Waals surface area contributed by atoms with Crippen LogP contribution in [0, 0.1) is 17.0 Å². The van der Waals surface area contributed by atoms with Crippen LogP contribution in [-0.4, -0.2) is 40.8 Å². The summed E-state index contributed by atoms with van der Waals surface area (Å²) in [6, 6.07) is 0.744. The summed E-state index contributed by atoms with van der Waals surface area (Å²) in [6.07, 6.45) is 1.12. The number of hydrogen-bond donors (Lipinski definition) is 1. The van der Waals surface area contributed by atoms with E-state index in [1.165, 1.54) is 32.5 Å². The maximum Gasteiger partial charge on any atom is 0.350 e. The summed E-state index contributed by atoms with van der Waals surface area (Å²) < 4.78 is 10.7. The Morgan fingerprint density at radius 2 is 2.12 bits per heavy atom. The molecule has 0 fully saturated rings. The molecule has 2 aromatic heterocycles. The zero-order valence-corrected chi connectivity index (χ0v) is 14.7. The van der Waals surface area contributed by atoms with Crippen LogP contribution < -0.4 is 10.1 Å². The van der Waals surface area contributed by atoms with Crippen molar-refractivity contribution >= 4 is 33.9 Å². The predicted octanol–water partition coefficient (Wildman–Crippen LogP) is 2.16. The van der Waals surface area contributed by atoms with Crippen molar-refractivity contribution in [1.29, 1.82) is 0 Å². The smallest absolute Gasteiger partial charge is 0.350 e. The summed E-state index contributed by atoms with van der Waals surface area (Å²) in [7, 11) is 2.50. The summed E-state index contributed by atoms with van der Waals surface area (Å²) in [5.41, 5.74) is -0.0982. The Bertz CT molecular complexity index is 827. The molecule has 0 aromatic carbocycles. The Balaban J connectivity index is 2.24. The highest BCUT2D eigenvalue weighted by Crippen LogP contribution is 2.30. The van der Waals surface area contributed by atoms with Gasteiger partial charge in [0.25, 0.3) is 0 Å². The lowest BCUT2D eigenvalue weighted by Gasteiger charge is -2.12. The summed E-state index contributed by atoms with van der Waals surface area (Å²) in [6.45, 7) is 3.31. The monoisotopic (exact) mass is 368 g/mol. The lowest BCUT2D eigenvalue weighted by atomic mass is 10.2. The maximum atomic E-state index is 12.4. The number of esters is 1. The fourth-order valence-corrected chi connectivity index (χ4v) is 2.94. The Hall–Kier alpha value is -2.95. The third-order valence-electron chi connectivity index (χ3n) is 3.34. The summed E-state index contributed by atoms with van der Waals surface area (Å²) in [5, 5.41) is 17.8. The Labute approximate surface area is 146 Å². The molecule has 1 amide bonds. The average Bonchev–Trinajstić information content (AvgIpc) is 3.16. The number of anilines is 1. The molecule has 0 aliphatic carbocycles. The molecule has 0 radical (unpaired) electrons. The van der Waals surface area contributed by atoms with Gasteiger partial charge in [-0.3, -0.25) is 14.9 Å². The first-order chi connectivity index (χ1) is 11.8. The van der Waals surface area contributed by atoms with Crippen molar-refractivity contribution in [3.63, 3.8) is 0 Å². The predicted molar refractivity (Wildman–Crippen MR) is 89.2 cm³/mol. The van der Waals surface area contributed by atoms with Crippen LogP contribution in [0.3, 0.4) is 0 Å². The molecule has 11 heteroatoms.